The monoisotopic (exact) mass is 420 g/mol. The van der Waals surface area contributed by atoms with E-state index in [-0.39, 0.29) is 11.9 Å². The van der Waals surface area contributed by atoms with E-state index in [4.69, 9.17) is 4.99 Å². The summed E-state index contributed by atoms with van der Waals surface area (Å²) in [6.07, 6.45) is 6.33. The fraction of sp³-hybridized carbons (Fsp3) is 0.500. The van der Waals surface area contributed by atoms with Crippen LogP contribution in [0.3, 0.4) is 0 Å². The van der Waals surface area contributed by atoms with Crippen LogP contribution in [0.25, 0.3) is 0 Å². The summed E-state index contributed by atoms with van der Waals surface area (Å²) >= 11 is 0. The average molecular weight is 421 g/mol. The highest BCUT2D eigenvalue weighted by Gasteiger charge is 2.54. The molecule has 2 aliphatic heterocycles. The number of fused-ring (bicyclic) bond motifs is 3. The molecule has 3 aliphatic rings. The summed E-state index contributed by atoms with van der Waals surface area (Å²) in [5, 5.41) is 0. The number of imide groups is 1. The number of hydrogen-bond donors (Lipinski definition) is 0. The van der Waals surface area contributed by atoms with Crippen molar-refractivity contribution in [1.82, 2.24) is 14.4 Å². The third kappa shape index (κ3) is 3.09. The van der Waals surface area contributed by atoms with Crippen molar-refractivity contribution in [2.75, 3.05) is 13.6 Å². The van der Waals surface area contributed by atoms with Gasteiger partial charge in [-0.15, -0.1) is 0 Å². The molecule has 0 bridgehead atoms. The van der Waals surface area contributed by atoms with Crippen LogP contribution in [-0.4, -0.2) is 45.7 Å². The molecule has 162 valence electrons. The lowest BCUT2D eigenvalue weighted by molar-refractivity contribution is -0.683. The summed E-state index contributed by atoms with van der Waals surface area (Å²) in [6, 6.07) is 9.78. The number of carbonyl (C=O) groups is 2. The molecule has 2 aromatic rings. The van der Waals surface area contributed by atoms with Crippen LogP contribution in [0.2, 0.25) is 0 Å². The molecular weight excluding hydrogens is 390 g/mol. The number of aryl methyl sites for hydroxylation is 1. The van der Waals surface area contributed by atoms with E-state index in [9.17, 15) is 9.59 Å². The van der Waals surface area contributed by atoms with E-state index in [0.29, 0.717) is 18.4 Å². The molecule has 2 fully saturated rings. The topological polar surface area (TPSA) is 61.8 Å². The van der Waals surface area contributed by atoms with Crippen LogP contribution in [-0.2, 0) is 11.2 Å². The average Bonchev–Trinajstić information content (AvgIpc) is 3.48. The molecule has 3 heterocycles. The Morgan fingerprint density at radius 1 is 1.10 bits per heavy atom. The van der Waals surface area contributed by atoms with Gasteiger partial charge in [0.05, 0.1) is 6.04 Å². The van der Waals surface area contributed by atoms with Gasteiger partial charge in [-0.1, -0.05) is 35.3 Å². The second-order valence-corrected chi connectivity index (χ2v) is 8.94. The Labute approximate surface area is 183 Å². The van der Waals surface area contributed by atoms with Gasteiger partial charge < -0.3 is 0 Å². The van der Waals surface area contributed by atoms with Gasteiger partial charge in [0, 0.05) is 13.6 Å². The minimum absolute atomic E-state index is 0.162. The van der Waals surface area contributed by atoms with E-state index < -0.39 is 6.04 Å². The molecule has 1 atom stereocenters. The Hall–Kier alpha value is -2.96. The normalized spacial score (nSPS) is 21.0. The number of aromatic nitrogens is 2. The van der Waals surface area contributed by atoms with Gasteiger partial charge in [-0.05, 0) is 57.9 Å². The molecule has 0 N–H and O–H groups in total. The van der Waals surface area contributed by atoms with Crippen molar-refractivity contribution in [2.45, 2.75) is 64.5 Å². The van der Waals surface area contributed by atoms with E-state index in [2.05, 4.69) is 35.1 Å². The van der Waals surface area contributed by atoms with Gasteiger partial charge in [0.1, 0.15) is 11.4 Å². The zero-order valence-corrected chi connectivity index (χ0v) is 18.5. The van der Waals surface area contributed by atoms with Gasteiger partial charge in [0.15, 0.2) is 0 Å². The number of rotatable bonds is 5. The maximum Gasteiger partial charge on any atom is 0.402 e. The zero-order valence-electron chi connectivity index (χ0n) is 18.5. The van der Waals surface area contributed by atoms with Crippen molar-refractivity contribution in [3.8, 4) is 0 Å². The minimum atomic E-state index is -0.546. The van der Waals surface area contributed by atoms with E-state index in [1.165, 1.54) is 29.0 Å². The first-order chi connectivity index (χ1) is 15.0. The summed E-state index contributed by atoms with van der Waals surface area (Å²) in [6.45, 7) is 4.60. The number of benzene rings is 1. The van der Waals surface area contributed by atoms with Crippen molar-refractivity contribution < 1.29 is 14.2 Å². The van der Waals surface area contributed by atoms with Crippen LogP contribution >= 0.6 is 0 Å². The van der Waals surface area contributed by atoms with Crippen LogP contribution in [0.15, 0.2) is 35.3 Å². The SMILES string of the molecule is Cc1c(C)[n+]2c(n1C1CCCC1)N=C1C2C(=O)N(CCCc2ccccc2)C(=O)N1C. The fourth-order valence-corrected chi connectivity index (χ4v) is 5.35. The van der Waals surface area contributed by atoms with Gasteiger partial charge in [-0.25, -0.2) is 13.9 Å². The maximum absolute atomic E-state index is 13.5. The Morgan fingerprint density at radius 2 is 1.81 bits per heavy atom. The van der Waals surface area contributed by atoms with Crippen molar-refractivity contribution in [3.05, 3.63) is 47.3 Å². The highest BCUT2D eigenvalue weighted by Crippen LogP contribution is 2.38. The van der Waals surface area contributed by atoms with Crippen molar-refractivity contribution in [2.24, 2.45) is 4.99 Å². The number of carbonyl (C=O) groups excluding carboxylic acids is 2. The van der Waals surface area contributed by atoms with Crippen molar-refractivity contribution in [1.29, 1.82) is 0 Å². The first kappa shape index (κ1) is 20.0. The number of nitrogens with zero attached hydrogens (tertiary/aromatic N) is 5. The Morgan fingerprint density at radius 3 is 2.52 bits per heavy atom. The molecule has 3 amide bonds. The molecule has 1 unspecified atom stereocenters. The quantitative estimate of drug-likeness (QED) is 0.694. The minimum Gasteiger partial charge on any atom is -0.270 e. The number of amides is 3. The highest BCUT2D eigenvalue weighted by atomic mass is 16.2. The molecule has 31 heavy (non-hydrogen) atoms. The van der Waals surface area contributed by atoms with Gasteiger partial charge in [0.25, 0.3) is 5.91 Å². The Balaban J connectivity index is 1.43. The number of hydrogen-bond acceptors (Lipinski definition) is 3. The second kappa shape index (κ2) is 7.62. The second-order valence-electron chi connectivity index (χ2n) is 8.94. The van der Waals surface area contributed by atoms with E-state index in [1.54, 1.807) is 11.9 Å². The summed E-state index contributed by atoms with van der Waals surface area (Å²) in [5.41, 5.74) is 3.45. The summed E-state index contributed by atoms with van der Waals surface area (Å²) in [7, 11) is 1.74. The lowest BCUT2D eigenvalue weighted by Crippen LogP contribution is -2.63. The van der Waals surface area contributed by atoms with E-state index >= 15 is 0 Å². The lowest BCUT2D eigenvalue weighted by Gasteiger charge is -2.33. The van der Waals surface area contributed by atoms with Crippen molar-refractivity contribution >= 4 is 23.7 Å². The number of urea groups is 1. The van der Waals surface area contributed by atoms with Crippen LogP contribution in [0, 0.1) is 13.8 Å². The van der Waals surface area contributed by atoms with Gasteiger partial charge in [0.2, 0.25) is 11.9 Å². The number of amidine groups is 1. The van der Waals surface area contributed by atoms with Crippen LogP contribution in [0.1, 0.15) is 61.1 Å². The smallest absolute Gasteiger partial charge is 0.270 e. The molecule has 5 rings (SSSR count). The standard InChI is InChI=1S/C24H30N5O2/c1-16-17(2)29-20-21(25-23(29)28(16)19-13-7-8-14-19)26(3)24(31)27(22(20)30)15-9-12-18-10-5-4-6-11-18/h4-6,10-11,19-20H,7-9,12-15H2,1-3H3/q+1. The zero-order chi connectivity index (χ0) is 21.7. The van der Waals surface area contributed by atoms with Gasteiger partial charge >= 0.3 is 12.0 Å². The first-order valence-electron chi connectivity index (χ1n) is 11.3. The molecule has 1 aromatic heterocycles. The molecule has 7 nitrogen and oxygen atoms in total. The third-order valence-electron chi connectivity index (χ3n) is 7.14. The lowest BCUT2D eigenvalue weighted by atomic mass is 10.1. The van der Waals surface area contributed by atoms with Gasteiger partial charge in [-0.2, -0.15) is 0 Å². The molecule has 1 aliphatic carbocycles. The summed E-state index contributed by atoms with van der Waals surface area (Å²) in [4.78, 5) is 34.4. The van der Waals surface area contributed by atoms with E-state index in [1.807, 2.05) is 18.2 Å². The molecule has 7 heteroatoms. The predicted molar refractivity (Wildman–Crippen MR) is 117 cm³/mol. The van der Waals surface area contributed by atoms with Crippen molar-refractivity contribution in [3.63, 3.8) is 0 Å². The Kier molecular flexibility index (Phi) is 4.91. The highest BCUT2D eigenvalue weighted by molar-refractivity contribution is 6.19. The number of imidazole rings is 1. The predicted octanol–water partition coefficient (Wildman–Crippen LogP) is 3.62. The number of likely N-dealkylation sites (N-methyl/N-ethyl adjacent to an activating group) is 1. The summed E-state index contributed by atoms with van der Waals surface area (Å²) < 4.78 is 4.36. The third-order valence-corrected chi connectivity index (χ3v) is 7.14. The van der Waals surface area contributed by atoms with Gasteiger partial charge in [-0.3, -0.25) is 14.6 Å². The molecule has 0 radical (unpaired) electrons. The largest absolute Gasteiger partial charge is 0.402 e. The molecule has 0 spiro atoms. The van der Waals surface area contributed by atoms with Crippen LogP contribution in [0.5, 0.6) is 0 Å². The van der Waals surface area contributed by atoms with Crippen LogP contribution in [0.4, 0.5) is 10.7 Å². The summed E-state index contributed by atoms with van der Waals surface area (Å²) in [5.74, 6) is 1.21. The molecule has 1 aromatic carbocycles. The first-order valence-corrected chi connectivity index (χ1v) is 11.3. The fourth-order valence-electron chi connectivity index (χ4n) is 5.35. The van der Waals surface area contributed by atoms with E-state index in [0.717, 1.165) is 37.3 Å². The Bertz CT molecular complexity index is 1070. The molecular formula is C24H30N5O2+. The molecule has 1 saturated heterocycles. The molecule has 1 saturated carbocycles. The maximum atomic E-state index is 13.5. The van der Waals surface area contributed by atoms with Crippen LogP contribution < -0.4 is 4.57 Å². The number of aliphatic imine (C=N–C) groups is 1.